The van der Waals surface area contributed by atoms with Crippen LogP contribution in [-0.4, -0.2) is 31.6 Å². The maximum atomic E-state index is 13.1. The lowest BCUT2D eigenvalue weighted by atomic mass is 10.1. The SMILES string of the molecule is Cc1cc(CN(C)CCNCC(C)C)ccc1F. The van der Waals surface area contributed by atoms with Gasteiger partial charge in [-0.2, -0.15) is 0 Å². The summed E-state index contributed by atoms with van der Waals surface area (Å²) in [4.78, 5) is 2.25. The van der Waals surface area contributed by atoms with Crippen molar-refractivity contribution >= 4 is 0 Å². The Balaban J connectivity index is 2.31. The molecule has 0 aliphatic carbocycles. The van der Waals surface area contributed by atoms with Crippen LogP contribution in [0.25, 0.3) is 0 Å². The van der Waals surface area contributed by atoms with E-state index in [1.54, 1.807) is 6.07 Å². The third-order valence-corrected chi connectivity index (χ3v) is 2.90. The quantitative estimate of drug-likeness (QED) is 0.751. The molecule has 0 bridgehead atoms. The highest BCUT2D eigenvalue weighted by molar-refractivity contribution is 5.23. The van der Waals surface area contributed by atoms with E-state index >= 15 is 0 Å². The van der Waals surface area contributed by atoms with Crippen LogP contribution in [0.1, 0.15) is 25.0 Å². The van der Waals surface area contributed by atoms with Gasteiger partial charge in [-0.1, -0.05) is 26.0 Å². The van der Waals surface area contributed by atoms with Gasteiger partial charge >= 0.3 is 0 Å². The molecule has 0 fully saturated rings. The fourth-order valence-electron chi connectivity index (χ4n) is 1.86. The molecule has 1 aromatic rings. The van der Waals surface area contributed by atoms with Crippen LogP contribution < -0.4 is 5.32 Å². The summed E-state index contributed by atoms with van der Waals surface area (Å²) in [6, 6.07) is 5.34. The van der Waals surface area contributed by atoms with Gasteiger partial charge in [0.1, 0.15) is 5.82 Å². The van der Waals surface area contributed by atoms with Gasteiger partial charge in [-0.3, -0.25) is 0 Å². The maximum absolute atomic E-state index is 13.1. The Kier molecular flexibility index (Phi) is 6.30. The molecule has 0 spiro atoms. The molecule has 1 N–H and O–H groups in total. The second-order valence-corrected chi connectivity index (χ2v) is 5.42. The third kappa shape index (κ3) is 5.61. The topological polar surface area (TPSA) is 15.3 Å². The van der Waals surface area contributed by atoms with Gasteiger partial charge in [-0.25, -0.2) is 4.39 Å². The molecule has 18 heavy (non-hydrogen) atoms. The lowest BCUT2D eigenvalue weighted by molar-refractivity contribution is 0.321. The summed E-state index contributed by atoms with van der Waals surface area (Å²) in [7, 11) is 2.09. The molecule has 0 atom stereocenters. The fourth-order valence-corrected chi connectivity index (χ4v) is 1.86. The van der Waals surface area contributed by atoms with Crippen molar-refractivity contribution in [2.45, 2.75) is 27.3 Å². The summed E-state index contributed by atoms with van der Waals surface area (Å²) in [5, 5.41) is 3.42. The van der Waals surface area contributed by atoms with Gasteiger partial charge < -0.3 is 10.2 Å². The molecular formula is C15H25FN2. The second kappa shape index (κ2) is 7.49. The summed E-state index contributed by atoms with van der Waals surface area (Å²) >= 11 is 0. The zero-order valence-corrected chi connectivity index (χ0v) is 12.0. The van der Waals surface area contributed by atoms with Crippen molar-refractivity contribution in [1.82, 2.24) is 10.2 Å². The van der Waals surface area contributed by atoms with E-state index in [1.165, 1.54) is 5.56 Å². The van der Waals surface area contributed by atoms with Crippen LogP contribution in [0.3, 0.4) is 0 Å². The number of benzene rings is 1. The van der Waals surface area contributed by atoms with E-state index in [9.17, 15) is 4.39 Å². The Bertz CT molecular complexity index is 364. The zero-order chi connectivity index (χ0) is 13.5. The van der Waals surface area contributed by atoms with E-state index in [0.717, 1.165) is 31.7 Å². The van der Waals surface area contributed by atoms with Gasteiger partial charge in [0.05, 0.1) is 0 Å². The molecule has 0 heterocycles. The van der Waals surface area contributed by atoms with Crippen molar-refractivity contribution in [3.8, 4) is 0 Å². The van der Waals surface area contributed by atoms with Gasteiger partial charge in [0, 0.05) is 19.6 Å². The van der Waals surface area contributed by atoms with Crippen LogP contribution in [0.15, 0.2) is 18.2 Å². The number of nitrogens with zero attached hydrogens (tertiary/aromatic N) is 1. The van der Waals surface area contributed by atoms with Crippen molar-refractivity contribution in [1.29, 1.82) is 0 Å². The predicted molar refractivity (Wildman–Crippen MR) is 75.2 cm³/mol. The van der Waals surface area contributed by atoms with E-state index in [-0.39, 0.29) is 5.82 Å². The van der Waals surface area contributed by atoms with E-state index in [1.807, 2.05) is 19.1 Å². The standard InChI is InChI=1S/C15H25FN2/c1-12(2)10-17-7-8-18(4)11-14-5-6-15(16)13(3)9-14/h5-6,9,12,17H,7-8,10-11H2,1-4H3. The number of likely N-dealkylation sites (N-methyl/N-ethyl adjacent to an activating group) is 1. The van der Waals surface area contributed by atoms with Gasteiger partial charge in [-0.05, 0) is 43.6 Å². The number of aryl methyl sites for hydroxylation is 1. The van der Waals surface area contributed by atoms with Crippen molar-refractivity contribution in [3.05, 3.63) is 35.1 Å². The molecule has 102 valence electrons. The summed E-state index contributed by atoms with van der Waals surface area (Å²) < 4.78 is 13.1. The molecule has 0 saturated heterocycles. The molecule has 3 heteroatoms. The molecule has 0 amide bonds. The molecule has 0 saturated carbocycles. The average molecular weight is 252 g/mol. The van der Waals surface area contributed by atoms with Gasteiger partial charge in [-0.15, -0.1) is 0 Å². The minimum Gasteiger partial charge on any atom is -0.315 e. The second-order valence-electron chi connectivity index (χ2n) is 5.42. The molecule has 0 radical (unpaired) electrons. The first kappa shape index (κ1) is 15.1. The van der Waals surface area contributed by atoms with Gasteiger partial charge in [0.2, 0.25) is 0 Å². The van der Waals surface area contributed by atoms with Crippen LogP contribution in [0.2, 0.25) is 0 Å². The molecule has 1 rings (SSSR count). The summed E-state index contributed by atoms with van der Waals surface area (Å²) in [6.07, 6.45) is 0. The van der Waals surface area contributed by atoms with Crippen LogP contribution in [0.5, 0.6) is 0 Å². The van der Waals surface area contributed by atoms with E-state index in [0.29, 0.717) is 5.92 Å². The molecule has 0 aliphatic rings. The highest BCUT2D eigenvalue weighted by Crippen LogP contribution is 2.10. The number of nitrogens with one attached hydrogen (secondary N) is 1. The molecular weight excluding hydrogens is 227 g/mol. The van der Waals surface area contributed by atoms with Crippen molar-refractivity contribution < 1.29 is 4.39 Å². The predicted octanol–water partition coefficient (Wildman–Crippen LogP) is 2.81. The van der Waals surface area contributed by atoms with Crippen molar-refractivity contribution in [3.63, 3.8) is 0 Å². The van der Waals surface area contributed by atoms with Gasteiger partial charge in [0.25, 0.3) is 0 Å². The minimum absolute atomic E-state index is 0.125. The zero-order valence-electron chi connectivity index (χ0n) is 12.0. The van der Waals surface area contributed by atoms with Crippen LogP contribution in [0.4, 0.5) is 4.39 Å². The Hall–Kier alpha value is -0.930. The molecule has 1 aromatic carbocycles. The number of rotatable bonds is 7. The first-order chi connectivity index (χ1) is 8.49. The fraction of sp³-hybridized carbons (Fsp3) is 0.600. The average Bonchev–Trinajstić information content (AvgIpc) is 2.29. The van der Waals surface area contributed by atoms with Crippen molar-refractivity contribution in [2.24, 2.45) is 5.92 Å². The summed E-state index contributed by atoms with van der Waals surface area (Å²) in [5.74, 6) is 0.565. The lowest BCUT2D eigenvalue weighted by Gasteiger charge is -2.18. The van der Waals surface area contributed by atoms with Crippen LogP contribution in [0, 0.1) is 18.7 Å². The molecule has 0 unspecified atom stereocenters. The highest BCUT2D eigenvalue weighted by Gasteiger charge is 2.03. The monoisotopic (exact) mass is 252 g/mol. The number of halogens is 1. The van der Waals surface area contributed by atoms with Crippen molar-refractivity contribution in [2.75, 3.05) is 26.7 Å². The van der Waals surface area contributed by atoms with E-state index in [4.69, 9.17) is 0 Å². The third-order valence-electron chi connectivity index (χ3n) is 2.90. The maximum Gasteiger partial charge on any atom is 0.126 e. The largest absolute Gasteiger partial charge is 0.315 e. The van der Waals surface area contributed by atoms with Gasteiger partial charge in [0.15, 0.2) is 0 Å². The minimum atomic E-state index is -0.125. The lowest BCUT2D eigenvalue weighted by Crippen LogP contribution is -2.30. The Labute approximate surface area is 110 Å². The highest BCUT2D eigenvalue weighted by atomic mass is 19.1. The van der Waals surface area contributed by atoms with E-state index < -0.39 is 0 Å². The van der Waals surface area contributed by atoms with Crippen LogP contribution in [-0.2, 0) is 6.54 Å². The first-order valence-corrected chi connectivity index (χ1v) is 6.63. The van der Waals surface area contributed by atoms with E-state index in [2.05, 4.69) is 31.1 Å². The first-order valence-electron chi connectivity index (χ1n) is 6.63. The molecule has 2 nitrogen and oxygen atoms in total. The Morgan fingerprint density at radius 3 is 2.67 bits per heavy atom. The molecule has 0 aliphatic heterocycles. The normalized spacial score (nSPS) is 11.5. The van der Waals surface area contributed by atoms with Crippen LogP contribution >= 0.6 is 0 Å². The number of hydrogen-bond acceptors (Lipinski definition) is 2. The smallest absolute Gasteiger partial charge is 0.126 e. The Morgan fingerprint density at radius 1 is 1.33 bits per heavy atom. The summed E-state index contributed by atoms with van der Waals surface area (Å²) in [5.41, 5.74) is 1.89. The number of hydrogen-bond donors (Lipinski definition) is 1. The molecule has 0 aromatic heterocycles. The Morgan fingerprint density at radius 2 is 2.06 bits per heavy atom. The summed E-state index contributed by atoms with van der Waals surface area (Å²) in [6.45, 7) is 10.1.